The second kappa shape index (κ2) is 9.09. The van der Waals surface area contributed by atoms with Crippen LogP contribution in [-0.2, 0) is 10.0 Å². The first kappa shape index (κ1) is 22.0. The molecule has 9 nitrogen and oxygen atoms in total. The topological polar surface area (TPSA) is 115 Å². The van der Waals surface area contributed by atoms with Gasteiger partial charge in [0.05, 0.1) is 12.0 Å². The lowest BCUT2D eigenvalue weighted by molar-refractivity contribution is 0.102. The van der Waals surface area contributed by atoms with Gasteiger partial charge >= 0.3 is 6.01 Å². The second-order valence-electron chi connectivity index (χ2n) is 7.58. The number of hydrogen-bond acceptors (Lipinski definition) is 7. The molecule has 1 aliphatic heterocycles. The molecule has 3 aromatic rings. The van der Waals surface area contributed by atoms with Gasteiger partial charge in [-0.2, -0.15) is 4.31 Å². The van der Waals surface area contributed by atoms with Crippen LogP contribution in [0.4, 0.5) is 6.01 Å². The molecule has 1 N–H and O–H groups in total. The fourth-order valence-electron chi connectivity index (χ4n) is 3.64. The molecule has 0 unspecified atom stereocenters. The number of rotatable bonds is 6. The monoisotopic (exact) mass is 456 g/mol. The van der Waals surface area contributed by atoms with E-state index in [9.17, 15) is 13.2 Å². The van der Waals surface area contributed by atoms with Crippen molar-refractivity contribution in [1.29, 1.82) is 0 Å². The number of carbonyl (C=O) groups is 1. The van der Waals surface area contributed by atoms with Crippen LogP contribution in [0.3, 0.4) is 0 Å². The highest BCUT2D eigenvalue weighted by atomic mass is 32.2. The van der Waals surface area contributed by atoms with Crippen molar-refractivity contribution in [3.05, 3.63) is 54.1 Å². The van der Waals surface area contributed by atoms with Crippen molar-refractivity contribution in [1.82, 2.24) is 14.5 Å². The molecular formula is C22H24N4O5S. The van der Waals surface area contributed by atoms with Crippen molar-refractivity contribution in [2.24, 2.45) is 0 Å². The van der Waals surface area contributed by atoms with Crippen LogP contribution in [0.2, 0.25) is 0 Å². The highest BCUT2D eigenvalue weighted by Gasteiger charge is 2.31. The summed E-state index contributed by atoms with van der Waals surface area (Å²) in [5, 5.41) is 10.3. The standard InChI is InChI=1S/C22H24N4O5S/c1-15-5-3-4-14-26(15)32(28,29)19-12-8-16(9-13-19)20(27)23-22-25-24-21(31-22)17-6-10-18(30-2)11-7-17/h6-13,15H,3-5,14H2,1-2H3,(H,23,25,27)/t15-/m0/s1. The Hall–Kier alpha value is -3.24. The van der Waals surface area contributed by atoms with Crippen LogP contribution in [0.1, 0.15) is 36.5 Å². The smallest absolute Gasteiger partial charge is 0.322 e. The fraction of sp³-hybridized carbons (Fsp3) is 0.318. The second-order valence-corrected chi connectivity index (χ2v) is 9.47. The molecule has 32 heavy (non-hydrogen) atoms. The molecule has 168 valence electrons. The molecule has 2 heterocycles. The molecule has 1 aromatic heterocycles. The van der Waals surface area contributed by atoms with Gasteiger partial charge in [0, 0.05) is 23.7 Å². The van der Waals surface area contributed by atoms with E-state index >= 15 is 0 Å². The van der Waals surface area contributed by atoms with Crippen molar-refractivity contribution in [2.45, 2.75) is 37.1 Å². The zero-order valence-corrected chi connectivity index (χ0v) is 18.6. The molecule has 4 rings (SSSR count). The number of hydrogen-bond donors (Lipinski definition) is 1. The Morgan fingerprint density at radius 3 is 2.47 bits per heavy atom. The van der Waals surface area contributed by atoms with Crippen molar-refractivity contribution in [3.8, 4) is 17.2 Å². The van der Waals surface area contributed by atoms with Crippen molar-refractivity contribution in [2.75, 3.05) is 19.0 Å². The van der Waals surface area contributed by atoms with Crippen LogP contribution in [0.5, 0.6) is 5.75 Å². The van der Waals surface area contributed by atoms with Gasteiger partial charge in [0.25, 0.3) is 5.91 Å². The molecule has 2 aromatic carbocycles. The van der Waals surface area contributed by atoms with Crippen LogP contribution >= 0.6 is 0 Å². The molecule has 0 aliphatic carbocycles. The number of benzene rings is 2. The van der Waals surface area contributed by atoms with Gasteiger partial charge in [-0.05, 0) is 68.3 Å². The number of anilines is 1. The third-order valence-electron chi connectivity index (χ3n) is 5.45. The van der Waals surface area contributed by atoms with E-state index in [0.29, 0.717) is 17.9 Å². The summed E-state index contributed by atoms with van der Waals surface area (Å²) in [6.07, 6.45) is 2.73. The number of amides is 1. The van der Waals surface area contributed by atoms with Gasteiger partial charge in [-0.15, -0.1) is 5.10 Å². The SMILES string of the molecule is COc1ccc(-c2nnc(NC(=O)c3ccc(S(=O)(=O)N4CCCC[C@@H]4C)cc3)o2)cc1. The van der Waals surface area contributed by atoms with Gasteiger partial charge in [0.1, 0.15) is 5.75 Å². The van der Waals surface area contributed by atoms with E-state index in [1.54, 1.807) is 31.4 Å². The molecule has 0 saturated carbocycles. The third-order valence-corrected chi connectivity index (χ3v) is 7.48. The van der Waals surface area contributed by atoms with Gasteiger partial charge in [-0.25, -0.2) is 8.42 Å². The maximum atomic E-state index is 12.9. The van der Waals surface area contributed by atoms with E-state index in [2.05, 4.69) is 15.5 Å². The molecule has 1 saturated heterocycles. The number of nitrogens with zero attached hydrogens (tertiary/aromatic N) is 3. The van der Waals surface area contributed by atoms with Crippen molar-refractivity contribution in [3.63, 3.8) is 0 Å². The molecule has 0 bridgehead atoms. The molecule has 1 amide bonds. The van der Waals surface area contributed by atoms with Crippen LogP contribution in [0.15, 0.2) is 57.8 Å². The summed E-state index contributed by atoms with van der Waals surface area (Å²) in [5.41, 5.74) is 0.958. The first-order chi connectivity index (χ1) is 15.4. The molecular weight excluding hydrogens is 432 g/mol. The lowest BCUT2D eigenvalue weighted by atomic mass is 10.1. The summed E-state index contributed by atoms with van der Waals surface area (Å²) in [6.45, 7) is 2.43. The van der Waals surface area contributed by atoms with E-state index in [1.165, 1.54) is 28.6 Å². The Morgan fingerprint density at radius 2 is 1.81 bits per heavy atom. The minimum Gasteiger partial charge on any atom is -0.497 e. The van der Waals surface area contributed by atoms with E-state index in [1.807, 2.05) is 6.92 Å². The first-order valence-electron chi connectivity index (χ1n) is 10.3. The lowest BCUT2D eigenvalue weighted by Crippen LogP contribution is -2.41. The Bertz CT molecular complexity index is 1190. The summed E-state index contributed by atoms with van der Waals surface area (Å²) in [6, 6.07) is 12.8. The van der Waals surface area contributed by atoms with Crippen LogP contribution in [-0.4, -0.2) is 48.5 Å². The number of ether oxygens (including phenoxy) is 1. The Labute approximate surface area is 186 Å². The molecule has 10 heteroatoms. The van der Waals surface area contributed by atoms with E-state index in [-0.39, 0.29) is 28.4 Å². The van der Waals surface area contributed by atoms with Crippen LogP contribution in [0, 0.1) is 0 Å². The number of aromatic nitrogens is 2. The summed E-state index contributed by atoms with van der Waals surface area (Å²) in [7, 11) is -2.02. The predicted octanol–water partition coefficient (Wildman–Crippen LogP) is 3.56. The van der Waals surface area contributed by atoms with Gasteiger partial charge in [-0.1, -0.05) is 11.5 Å². The number of methoxy groups -OCH3 is 1. The Balaban J connectivity index is 1.45. The minimum atomic E-state index is -3.59. The molecule has 1 fully saturated rings. The van der Waals surface area contributed by atoms with Crippen molar-refractivity contribution >= 4 is 21.9 Å². The molecule has 1 atom stereocenters. The zero-order valence-electron chi connectivity index (χ0n) is 17.8. The summed E-state index contributed by atoms with van der Waals surface area (Å²) in [4.78, 5) is 12.7. The normalized spacial score (nSPS) is 17.1. The van der Waals surface area contributed by atoms with Crippen LogP contribution < -0.4 is 10.1 Å². The predicted molar refractivity (Wildman–Crippen MR) is 118 cm³/mol. The fourth-order valence-corrected chi connectivity index (χ4v) is 5.34. The summed E-state index contributed by atoms with van der Waals surface area (Å²) < 4.78 is 38.0. The number of nitrogens with one attached hydrogen (secondary N) is 1. The van der Waals surface area contributed by atoms with Gasteiger partial charge in [0.15, 0.2) is 0 Å². The van der Waals surface area contributed by atoms with Gasteiger partial charge in [-0.3, -0.25) is 10.1 Å². The Kier molecular flexibility index (Phi) is 6.24. The van der Waals surface area contributed by atoms with E-state index in [4.69, 9.17) is 9.15 Å². The highest BCUT2D eigenvalue weighted by molar-refractivity contribution is 7.89. The third kappa shape index (κ3) is 4.51. The maximum Gasteiger partial charge on any atom is 0.322 e. The maximum absolute atomic E-state index is 12.9. The van der Waals surface area contributed by atoms with Gasteiger partial charge < -0.3 is 9.15 Å². The molecule has 0 spiro atoms. The average molecular weight is 457 g/mol. The lowest BCUT2D eigenvalue weighted by Gasteiger charge is -2.32. The number of piperidine rings is 1. The Morgan fingerprint density at radius 1 is 1.09 bits per heavy atom. The highest BCUT2D eigenvalue weighted by Crippen LogP contribution is 2.26. The molecule has 0 radical (unpaired) electrons. The van der Waals surface area contributed by atoms with Crippen molar-refractivity contribution < 1.29 is 22.4 Å². The zero-order chi connectivity index (χ0) is 22.7. The van der Waals surface area contributed by atoms with Gasteiger partial charge in [0.2, 0.25) is 15.9 Å². The average Bonchev–Trinajstić information content (AvgIpc) is 3.28. The first-order valence-corrected chi connectivity index (χ1v) is 11.7. The summed E-state index contributed by atoms with van der Waals surface area (Å²) in [5.74, 6) is 0.465. The minimum absolute atomic E-state index is 0.0332. The summed E-state index contributed by atoms with van der Waals surface area (Å²) >= 11 is 0. The van der Waals surface area contributed by atoms with E-state index < -0.39 is 15.9 Å². The number of sulfonamides is 1. The largest absolute Gasteiger partial charge is 0.497 e. The molecule has 1 aliphatic rings. The van der Waals surface area contributed by atoms with Crippen LogP contribution in [0.25, 0.3) is 11.5 Å². The van der Waals surface area contributed by atoms with E-state index in [0.717, 1.165) is 19.3 Å². The quantitative estimate of drug-likeness (QED) is 0.603. The number of carbonyl (C=O) groups excluding carboxylic acids is 1.